The Morgan fingerprint density at radius 2 is 1.94 bits per heavy atom. The second-order valence-electron chi connectivity index (χ2n) is 7.25. The van der Waals surface area contributed by atoms with Crippen LogP contribution >= 0.6 is 23.2 Å². The molecule has 4 aromatic rings. The fourth-order valence-corrected chi connectivity index (χ4v) is 3.73. The molecule has 35 heavy (non-hydrogen) atoms. The van der Waals surface area contributed by atoms with Crippen molar-refractivity contribution in [2.24, 2.45) is 0 Å². The SMILES string of the molecule is C.CC=C(C#N)CCn1nc(-c2ccc(Oc3ccc(Cl)c(Cl)c3)c(OC)c2)c2c(N)ncnc21. The number of fused-ring (bicyclic) bond motifs is 1. The average molecular weight is 511 g/mol. The van der Waals surface area contributed by atoms with E-state index >= 15 is 0 Å². The number of allylic oxidation sites excluding steroid dienone is 2. The molecule has 0 fully saturated rings. The van der Waals surface area contributed by atoms with Crippen molar-refractivity contribution in [3.63, 3.8) is 0 Å². The van der Waals surface area contributed by atoms with Gasteiger partial charge < -0.3 is 15.2 Å². The molecule has 8 nitrogen and oxygen atoms in total. The predicted octanol–water partition coefficient (Wildman–Crippen LogP) is 6.68. The highest BCUT2D eigenvalue weighted by Crippen LogP contribution is 2.39. The lowest BCUT2D eigenvalue weighted by Gasteiger charge is -2.12. The molecule has 0 unspecified atom stereocenters. The van der Waals surface area contributed by atoms with Crippen LogP contribution in [0.25, 0.3) is 22.3 Å². The van der Waals surface area contributed by atoms with Crippen molar-refractivity contribution in [3.8, 4) is 34.6 Å². The monoisotopic (exact) mass is 510 g/mol. The molecular formula is C25H24Cl2N6O2. The van der Waals surface area contributed by atoms with Gasteiger partial charge in [-0.3, -0.25) is 0 Å². The molecule has 0 saturated carbocycles. The molecule has 0 amide bonds. The number of anilines is 1. The van der Waals surface area contributed by atoms with E-state index in [1.807, 2.05) is 13.0 Å². The number of nitrogens with zero attached hydrogens (tertiary/aromatic N) is 5. The van der Waals surface area contributed by atoms with Gasteiger partial charge in [0.05, 0.1) is 28.6 Å². The number of ether oxygens (including phenoxy) is 2. The Bertz CT molecular complexity index is 1440. The minimum Gasteiger partial charge on any atom is -0.493 e. The van der Waals surface area contributed by atoms with Crippen molar-refractivity contribution in [2.45, 2.75) is 27.3 Å². The van der Waals surface area contributed by atoms with Crippen molar-refractivity contribution < 1.29 is 9.47 Å². The van der Waals surface area contributed by atoms with Gasteiger partial charge in [-0.15, -0.1) is 0 Å². The molecule has 0 aliphatic carbocycles. The fourth-order valence-electron chi connectivity index (χ4n) is 3.45. The van der Waals surface area contributed by atoms with E-state index in [1.54, 1.807) is 48.2 Å². The summed E-state index contributed by atoms with van der Waals surface area (Å²) in [6.45, 7) is 2.30. The minimum atomic E-state index is 0. The minimum absolute atomic E-state index is 0. The molecule has 180 valence electrons. The molecule has 10 heteroatoms. The van der Waals surface area contributed by atoms with Crippen LogP contribution in [0.1, 0.15) is 20.8 Å². The van der Waals surface area contributed by atoms with Crippen LogP contribution in [-0.4, -0.2) is 26.9 Å². The summed E-state index contributed by atoms with van der Waals surface area (Å²) in [5, 5.41) is 15.4. The van der Waals surface area contributed by atoms with Crippen LogP contribution in [0.5, 0.6) is 17.2 Å². The molecule has 0 saturated heterocycles. The van der Waals surface area contributed by atoms with Gasteiger partial charge in [-0.05, 0) is 37.3 Å². The third-order valence-corrected chi connectivity index (χ3v) is 5.94. The molecule has 2 aromatic heterocycles. The van der Waals surface area contributed by atoms with Gasteiger partial charge in [-0.25, -0.2) is 14.6 Å². The highest BCUT2D eigenvalue weighted by Gasteiger charge is 2.19. The first-order valence-electron chi connectivity index (χ1n) is 10.3. The van der Waals surface area contributed by atoms with Crippen LogP contribution in [0.3, 0.4) is 0 Å². The first-order chi connectivity index (χ1) is 16.4. The second-order valence-corrected chi connectivity index (χ2v) is 8.06. The normalized spacial score (nSPS) is 11.1. The predicted molar refractivity (Wildman–Crippen MR) is 139 cm³/mol. The highest BCUT2D eigenvalue weighted by molar-refractivity contribution is 6.42. The van der Waals surface area contributed by atoms with E-state index in [-0.39, 0.29) is 7.43 Å². The number of benzene rings is 2. The fraction of sp³-hybridized carbons (Fsp3) is 0.200. The average Bonchev–Trinajstić information content (AvgIpc) is 3.22. The lowest BCUT2D eigenvalue weighted by molar-refractivity contribution is 0.379. The topological polar surface area (TPSA) is 112 Å². The Hall–Kier alpha value is -3.80. The number of rotatable bonds is 7. The number of nitrogen functional groups attached to an aromatic ring is 1. The van der Waals surface area contributed by atoms with Gasteiger partial charge in [0.15, 0.2) is 17.1 Å². The summed E-state index contributed by atoms with van der Waals surface area (Å²) < 4.78 is 13.3. The van der Waals surface area contributed by atoms with Crippen molar-refractivity contribution in [1.82, 2.24) is 19.7 Å². The van der Waals surface area contributed by atoms with Crippen LogP contribution in [-0.2, 0) is 6.54 Å². The molecular weight excluding hydrogens is 487 g/mol. The maximum absolute atomic E-state index is 9.23. The Labute approximate surface area is 213 Å². The molecule has 0 spiro atoms. The second kappa shape index (κ2) is 11.1. The smallest absolute Gasteiger partial charge is 0.169 e. The van der Waals surface area contributed by atoms with Gasteiger partial charge >= 0.3 is 0 Å². The van der Waals surface area contributed by atoms with Crippen molar-refractivity contribution in [1.29, 1.82) is 5.26 Å². The van der Waals surface area contributed by atoms with E-state index < -0.39 is 0 Å². The van der Waals surface area contributed by atoms with Gasteiger partial charge in [-0.1, -0.05) is 36.7 Å². The van der Waals surface area contributed by atoms with E-state index in [0.29, 0.717) is 68.4 Å². The summed E-state index contributed by atoms with van der Waals surface area (Å²) in [5.74, 6) is 1.81. The summed E-state index contributed by atoms with van der Waals surface area (Å²) in [5.41, 5.74) is 8.80. The number of hydrogen-bond donors (Lipinski definition) is 1. The molecule has 2 heterocycles. The lowest BCUT2D eigenvalue weighted by atomic mass is 10.1. The maximum Gasteiger partial charge on any atom is 0.169 e. The van der Waals surface area contributed by atoms with Gasteiger partial charge in [0, 0.05) is 30.2 Å². The number of halogens is 2. The van der Waals surface area contributed by atoms with E-state index in [1.165, 1.54) is 6.33 Å². The van der Waals surface area contributed by atoms with E-state index in [4.69, 9.17) is 43.5 Å². The number of nitrogens with two attached hydrogens (primary N) is 1. The van der Waals surface area contributed by atoms with Gasteiger partial charge in [0.1, 0.15) is 23.6 Å². The van der Waals surface area contributed by atoms with Gasteiger partial charge in [0.25, 0.3) is 0 Å². The molecule has 2 N–H and O–H groups in total. The van der Waals surface area contributed by atoms with Gasteiger partial charge in [0.2, 0.25) is 0 Å². The third kappa shape index (κ3) is 5.32. The summed E-state index contributed by atoms with van der Waals surface area (Å²) in [4.78, 5) is 8.51. The first kappa shape index (κ1) is 25.8. The van der Waals surface area contributed by atoms with Crippen LogP contribution in [0.4, 0.5) is 5.82 Å². The standard InChI is InChI=1S/C24H20Cl2N6O2.CH4/c1-3-14(12-27)8-9-32-24-21(23(28)29-13-30-24)22(31-32)15-4-7-19(20(10-15)33-2)34-16-5-6-17(25)18(26)11-16;/h3-7,10-11,13H,8-9H2,1-2H3,(H2,28,29,30);1H4. The Morgan fingerprint density at radius 1 is 1.14 bits per heavy atom. The molecule has 0 atom stereocenters. The number of nitriles is 1. The summed E-state index contributed by atoms with van der Waals surface area (Å²) in [6.07, 6.45) is 3.70. The molecule has 4 rings (SSSR count). The molecule has 0 radical (unpaired) electrons. The Balaban J connectivity index is 0.00000342. The van der Waals surface area contributed by atoms with Crippen molar-refractivity contribution >= 4 is 40.1 Å². The van der Waals surface area contributed by atoms with Crippen LogP contribution < -0.4 is 15.2 Å². The molecule has 0 aliphatic heterocycles. The summed E-state index contributed by atoms with van der Waals surface area (Å²) in [6, 6.07) is 12.6. The summed E-state index contributed by atoms with van der Waals surface area (Å²) >= 11 is 12.1. The zero-order valence-corrected chi connectivity index (χ0v) is 19.9. The van der Waals surface area contributed by atoms with Crippen LogP contribution in [0.15, 0.2) is 54.4 Å². The number of aromatic nitrogens is 4. The number of methoxy groups -OCH3 is 1. The largest absolute Gasteiger partial charge is 0.493 e. The van der Waals surface area contributed by atoms with E-state index in [2.05, 4.69) is 16.0 Å². The lowest BCUT2D eigenvalue weighted by Crippen LogP contribution is -2.03. The quantitative estimate of drug-likeness (QED) is 0.276. The number of hydrogen-bond acceptors (Lipinski definition) is 7. The van der Waals surface area contributed by atoms with Crippen molar-refractivity contribution in [3.05, 3.63) is 64.4 Å². The Kier molecular flexibility index (Phi) is 8.18. The van der Waals surface area contributed by atoms with E-state index in [9.17, 15) is 5.26 Å². The van der Waals surface area contributed by atoms with Crippen LogP contribution in [0.2, 0.25) is 10.0 Å². The molecule has 0 bridgehead atoms. The molecule has 0 aliphatic rings. The zero-order valence-electron chi connectivity index (χ0n) is 18.4. The van der Waals surface area contributed by atoms with Gasteiger partial charge in [-0.2, -0.15) is 10.4 Å². The third-order valence-electron chi connectivity index (χ3n) is 5.20. The van der Waals surface area contributed by atoms with E-state index in [0.717, 1.165) is 5.56 Å². The van der Waals surface area contributed by atoms with Crippen LogP contribution in [0, 0.1) is 11.3 Å². The highest BCUT2D eigenvalue weighted by atomic mass is 35.5. The van der Waals surface area contributed by atoms with Crippen molar-refractivity contribution in [2.75, 3.05) is 12.8 Å². The first-order valence-corrected chi connectivity index (χ1v) is 11.0. The molecule has 2 aromatic carbocycles. The Morgan fingerprint density at radius 3 is 2.63 bits per heavy atom. The maximum atomic E-state index is 9.23. The number of aryl methyl sites for hydroxylation is 1. The zero-order chi connectivity index (χ0) is 24.2. The summed E-state index contributed by atoms with van der Waals surface area (Å²) in [7, 11) is 1.55.